The highest BCUT2D eigenvalue weighted by atomic mass is 35.5. The summed E-state index contributed by atoms with van der Waals surface area (Å²) in [6, 6.07) is 3.64. The third-order valence-corrected chi connectivity index (χ3v) is 3.56. The zero-order valence-electron chi connectivity index (χ0n) is 10.7. The SMILES string of the molecule is CC(=O)N1CCN(c2ccc(F)c(Cl)c2)C(=O)[C@@H]1C. The van der Waals surface area contributed by atoms with E-state index in [9.17, 15) is 14.0 Å². The van der Waals surface area contributed by atoms with Crippen molar-refractivity contribution in [2.45, 2.75) is 19.9 Å². The summed E-state index contributed by atoms with van der Waals surface area (Å²) in [5.74, 6) is -0.838. The Morgan fingerprint density at radius 2 is 2.11 bits per heavy atom. The fourth-order valence-corrected chi connectivity index (χ4v) is 2.38. The molecule has 1 heterocycles. The number of amides is 2. The van der Waals surface area contributed by atoms with Gasteiger partial charge in [0.1, 0.15) is 11.9 Å². The van der Waals surface area contributed by atoms with Crippen molar-refractivity contribution in [2.24, 2.45) is 0 Å². The first kappa shape index (κ1) is 13.8. The second-order valence-corrected chi connectivity index (χ2v) is 4.88. The van der Waals surface area contributed by atoms with Crippen molar-refractivity contribution in [3.63, 3.8) is 0 Å². The Morgan fingerprint density at radius 1 is 1.42 bits per heavy atom. The molecule has 0 unspecified atom stereocenters. The molecule has 1 saturated heterocycles. The summed E-state index contributed by atoms with van der Waals surface area (Å²) in [6.45, 7) is 3.96. The molecule has 4 nitrogen and oxygen atoms in total. The molecule has 0 spiro atoms. The van der Waals surface area contributed by atoms with E-state index < -0.39 is 11.9 Å². The zero-order chi connectivity index (χ0) is 14.2. The Labute approximate surface area is 115 Å². The Bertz CT molecular complexity index is 535. The van der Waals surface area contributed by atoms with Gasteiger partial charge in [0, 0.05) is 25.7 Å². The molecule has 6 heteroatoms. The Balaban J connectivity index is 2.25. The average Bonchev–Trinajstić information content (AvgIpc) is 2.36. The lowest BCUT2D eigenvalue weighted by molar-refractivity contribution is -0.139. The van der Waals surface area contributed by atoms with Crippen LogP contribution in [0.25, 0.3) is 0 Å². The van der Waals surface area contributed by atoms with Crippen molar-refractivity contribution >= 4 is 29.1 Å². The summed E-state index contributed by atoms with van der Waals surface area (Å²) in [6.07, 6.45) is 0. The molecule has 0 radical (unpaired) electrons. The largest absolute Gasteiger partial charge is 0.329 e. The van der Waals surface area contributed by atoms with E-state index in [1.165, 1.54) is 34.9 Å². The first-order valence-corrected chi connectivity index (χ1v) is 6.33. The fraction of sp³-hybridized carbons (Fsp3) is 0.385. The molecule has 19 heavy (non-hydrogen) atoms. The maximum Gasteiger partial charge on any atom is 0.249 e. The second-order valence-electron chi connectivity index (χ2n) is 4.48. The lowest BCUT2D eigenvalue weighted by Crippen LogP contribution is -2.57. The predicted molar refractivity (Wildman–Crippen MR) is 70.6 cm³/mol. The maximum atomic E-state index is 13.1. The van der Waals surface area contributed by atoms with Gasteiger partial charge in [0.05, 0.1) is 5.02 Å². The molecule has 2 rings (SSSR count). The highest BCUT2D eigenvalue weighted by Gasteiger charge is 2.33. The smallest absolute Gasteiger partial charge is 0.249 e. The number of piperazine rings is 1. The van der Waals surface area contributed by atoms with Crippen molar-refractivity contribution < 1.29 is 14.0 Å². The molecule has 1 fully saturated rings. The van der Waals surface area contributed by atoms with E-state index >= 15 is 0 Å². The van der Waals surface area contributed by atoms with Crippen molar-refractivity contribution in [2.75, 3.05) is 18.0 Å². The van der Waals surface area contributed by atoms with Crippen LogP contribution in [0.3, 0.4) is 0 Å². The maximum absolute atomic E-state index is 13.1. The third kappa shape index (κ3) is 2.56. The van der Waals surface area contributed by atoms with E-state index in [-0.39, 0.29) is 16.8 Å². The molecule has 0 aliphatic carbocycles. The van der Waals surface area contributed by atoms with Crippen LogP contribution in [-0.2, 0) is 9.59 Å². The summed E-state index contributed by atoms with van der Waals surface area (Å²) in [5, 5.41) is -0.0213. The van der Waals surface area contributed by atoms with Crippen LogP contribution in [0.15, 0.2) is 18.2 Å². The molecule has 0 saturated carbocycles. The number of rotatable bonds is 1. The number of hydrogen-bond acceptors (Lipinski definition) is 2. The van der Waals surface area contributed by atoms with Crippen LogP contribution in [-0.4, -0.2) is 35.8 Å². The average molecular weight is 285 g/mol. The fourth-order valence-electron chi connectivity index (χ4n) is 2.21. The first-order chi connectivity index (χ1) is 8.91. The molecular formula is C13H14ClFN2O2. The lowest BCUT2D eigenvalue weighted by atomic mass is 10.1. The predicted octanol–water partition coefficient (Wildman–Crippen LogP) is 2.06. The van der Waals surface area contributed by atoms with E-state index in [1.807, 2.05) is 0 Å². The molecule has 0 aromatic heterocycles. The Hall–Kier alpha value is -1.62. The molecule has 1 aromatic rings. The molecule has 102 valence electrons. The number of halogens is 2. The molecule has 2 amide bonds. The van der Waals surface area contributed by atoms with Gasteiger partial charge in [-0.2, -0.15) is 0 Å². The van der Waals surface area contributed by atoms with Crippen LogP contribution in [0.4, 0.5) is 10.1 Å². The molecule has 0 bridgehead atoms. The van der Waals surface area contributed by atoms with Gasteiger partial charge in [-0.15, -0.1) is 0 Å². The van der Waals surface area contributed by atoms with Gasteiger partial charge in [0.25, 0.3) is 0 Å². The minimum atomic E-state index is -0.520. The molecule has 1 aliphatic heterocycles. The molecule has 1 aliphatic rings. The van der Waals surface area contributed by atoms with Crippen LogP contribution >= 0.6 is 11.6 Å². The van der Waals surface area contributed by atoms with Crippen LogP contribution in [0.1, 0.15) is 13.8 Å². The summed E-state index contributed by atoms with van der Waals surface area (Å²) >= 11 is 5.72. The first-order valence-electron chi connectivity index (χ1n) is 5.95. The van der Waals surface area contributed by atoms with E-state index in [4.69, 9.17) is 11.6 Å². The quantitative estimate of drug-likeness (QED) is 0.792. The molecule has 1 atom stereocenters. The van der Waals surface area contributed by atoms with Crippen molar-refractivity contribution in [1.29, 1.82) is 0 Å². The minimum absolute atomic E-state index is 0.0213. The van der Waals surface area contributed by atoms with E-state index in [1.54, 1.807) is 6.92 Å². The summed E-state index contributed by atoms with van der Waals surface area (Å²) in [4.78, 5) is 26.7. The number of nitrogens with zero attached hydrogens (tertiary/aromatic N) is 2. The standard InChI is InChI=1S/C13H14ClFN2O2/c1-8-13(19)17(6-5-16(8)9(2)18)10-3-4-12(15)11(14)7-10/h3-4,7-8H,5-6H2,1-2H3/t8-/m0/s1. The third-order valence-electron chi connectivity index (χ3n) is 3.27. The van der Waals surface area contributed by atoms with Crippen LogP contribution in [0.5, 0.6) is 0 Å². The highest BCUT2D eigenvalue weighted by molar-refractivity contribution is 6.31. The lowest BCUT2D eigenvalue weighted by Gasteiger charge is -2.38. The van der Waals surface area contributed by atoms with E-state index in [2.05, 4.69) is 0 Å². The van der Waals surface area contributed by atoms with Crippen molar-refractivity contribution in [1.82, 2.24) is 4.90 Å². The Kier molecular flexibility index (Phi) is 3.75. The number of carbonyl (C=O) groups is 2. The van der Waals surface area contributed by atoms with Crippen LogP contribution < -0.4 is 4.90 Å². The van der Waals surface area contributed by atoms with E-state index in [0.29, 0.717) is 18.8 Å². The topological polar surface area (TPSA) is 40.6 Å². The van der Waals surface area contributed by atoms with Gasteiger partial charge in [-0.3, -0.25) is 9.59 Å². The summed E-state index contributed by atoms with van der Waals surface area (Å²) < 4.78 is 13.1. The van der Waals surface area contributed by atoms with Gasteiger partial charge in [0.15, 0.2) is 0 Å². The van der Waals surface area contributed by atoms with Gasteiger partial charge in [-0.1, -0.05) is 11.6 Å². The van der Waals surface area contributed by atoms with Crippen LogP contribution in [0.2, 0.25) is 5.02 Å². The van der Waals surface area contributed by atoms with Gasteiger partial charge < -0.3 is 9.80 Å². The normalized spacial score (nSPS) is 19.8. The summed E-state index contributed by atoms with van der Waals surface area (Å²) in [5.41, 5.74) is 0.548. The monoisotopic (exact) mass is 284 g/mol. The number of anilines is 1. The number of benzene rings is 1. The van der Waals surface area contributed by atoms with Gasteiger partial charge in [0.2, 0.25) is 11.8 Å². The van der Waals surface area contributed by atoms with Crippen LogP contribution in [0, 0.1) is 5.82 Å². The van der Waals surface area contributed by atoms with Crippen molar-refractivity contribution in [3.8, 4) is 0 Å². The van der Waals surface area contributed by atoms with Crippen molar-refractivity contribution in [3.05, 3.63) is 29.0 Å². The number of carbonyl (C=O) groups excluding carboxylic acids is 2. The van der Waals surface area contributed by atoms with Gasteiger partial charge >= 0.3 is 0 Å². The second kappa shape index (κ2) is 5.17. The molecule has 1 aromatic carbocycles. The minimum Gasteiger partial charge on any atom is -0.329 e. The summed E-state index contributed by atoms with van der Waals surface area (Å²) in [7, 11) is 0. The molecule has 0 N–H and O–H groups in total. The number of hydrogen-bond donors (Lipinski definition) is 0. The van der Waals surface area contributed by atoms with Gasteiger partial charge in [-0.05, 0) is 25.1 Å². The Morgan fingerprint density at radius 3 is 2.68 bits per heavy atom. The highest BCUT2D eigenvalue weighted by Crippen LogP contribution is 2.25. The zero-order valence-corrected chi connectivity index (χ0v) is 11.4. The van der Waals surface area contributed by atoms with Gasteiger partial charge in [-0.25, -0.2) is 4.39 Å². The van der Waals surface area contributed by atoms with E-state index in [0.717, 1.165) is 0 Å². The molecular weight excluding hydrogens is 271 g/mol.